The van der Waals surface area contributed by atoms with Crippen LogP contribution in [0.4, 0.5) is 0 Å². The molecule has 0 aromatic rings. The number of esters is 1. The van der Waals surface area contributed by atoms with Crippen LogP contribution in [0, 0.1) is 0 Å². The third kappa shape index (κ3) is 1.36. The lowest BCUT2D eigenvalue weighted by Gasteiger charge is -2.22. The van der Waals surface area contributed by atoms with Gasteiger partial charge in [0.1, 0.15) is 16.7 Å². The maximum Gasteiger partial charge on any atom is 0.316 e. The number of hydrogen-bond donors (Lipinski definition) is 1. The minimum absolute atomic E-state index is 0.101. The second-order valence-corrected chi connectivity index (χ2v) is 6.68. The SMILES string of the molecule is O=C(CBr)OC1C2CC3C(O2)C1NS3(=O)=O. The van der Waals surface area contributed by atoms with Gasteiger partial charge in [0.05, 0.1) is 18.2 Å². The van der Waals surface area contributed by atoms with Crippen LogP contribution in [0.15, 0.2) is 0 Å². The normalized spacial score (nSPS) is 47.2. The molecule has 0 amide bonds. The first-order valence-electron chi connectivity index (χ1n) is 4.95. The second kappa shape index (κ2) is 3.41. The monoisotopic (exact) mass is 311 g/mol. The Bertz CT molecular complexity index is 438. The molecule has 3 aliphatic rings. The topological polar surface area (TPSA) is 81.7 Å². The van der Waals surface area contributed by atoms with E-state index in [4.69, 9.17) is 9.47 Å². The van der Waals surface area contributed by atoms with Crippen molar-refractivity contribution in [1.82, 2.24) is 4.72 Å². The van der Waals surface area contributed by atoms with Gasteiger partial charge in [-0.1, -0.05) is 15.9 Å². The molecule has 1 N–H and O–H groups in total. The molecule has 5 unspecified atom stereocenters. The first-order valence-corrected chi connectivity index (χ1v) is 7.62. The largest absolute Gasteiger partial charge is 0.457 e. The Morgan fingerprint density at radius 3 is 3.00 bits per heavy atom. The van der Waals surface area contributed by atoms with Crippen LogP contribution in [0.25, 0.3) is 0 Å². The van der Waals surface area contributed by atoms with Gasteiger partial charge in [0.2, 0.25) is 10.0 Å². The minimum Gasteiger partial charge on any atom is -0.457 e. The molecule has 0 saturated carbocycles. The number of carbonyl (C=O) groups excluding carboxylic acids is 1. The Kier molecular flexibility index (Phi) is 2.33. The number of hydrogen-bond acceptors (Lipinski definition) is 5. The molecule has 2 bridgehead atoms. The van der Waals surface area contributed by atoms with Crippen LogP contribution in [0.5, 0.6) is 0 Å². The van der Waals surface area contributed by atoms with Crippen molar-refractivity contribution in [3.8, 4) is 0 Å². The lowest BCUT2D eigenvalue weighted by molar-refractivity contribution is -0.148. The molecule has 0 radical (unpaired) electrons. The van der Waals surface area contributed by atoms with Crippen molar-refractivity contribution in [2.75, 3.05) is 5.33 Å². The van der Waals surface area contributed by atoms with Gasteiger partial charge in [-0.3, -0.25) is 4.79 Å². The van der Waals surface area contributed by atoms with Gasteiger partial charge in [-0.25, -0.2) is 13.1 Å². The molecule has 0 aromatic carbocycles. The average Bonchev–Trinajstić information content (AvgIpc) is 2.81. The summed E-state index contributed by atoms with van der Waals surface area (Å²) in [5.41, 5.74) is 0. The summed E-state index contributed by atoms with van der Waals surface area (Å²) in [7, 11) is -3.28. The third-order valence-electron chi connectivity index (χ3n) is 3.31. The predicted octanol–water partition coefficient (Wildman–Crippen LogP) is -0.866. The molecule has 5 atom stereocenters. The highest BCUT2D eigenvalue weighted by Gasteiger charge is 2.65. The van der Waals surface area contributed by atoms with E-state index in [1.165, 1.54) is 0 Å². The van der Waals surface area contributed by atoms with Crippen LogP contribution in [0.3, 0.4) is 0 Å². The number of alkyl halides is 1. The molecule has 3 fully saturated rings. The molecular weight excluding hydrogens is 302 g/mol. The van der Waals surface area contributed by atoms with Crippen LogP contribution >= 0.6 is 15.9 Å². The van der Waals surface area contributed by atoms with Gasteiger partial charge in [-0.15, -0.1) is 0 Å². The minimum atomic E-state index is -3.28. The second-order valence-electron chi connectivity index (χ2n) is 4.19. The maximum atomic E-state index is 11.6. The Morgan fingerprint density at radius 2 is 2.31 bits per heavy atom. The van der Waals surface area contributed by atoms with E-state index in [1.807, 2.05) is 0 Å². The van der Waals surface area contributed by atoms with Crippen molar-refractivity contribution in [1.29, 1.82) is 0 Å². The molecular formula is C8H10BrNO5S. The molecule has 0 aromatic heterocycles. The molecule has 90 valence electrons. The number of ether oxygens (including phenoxy) is 2. The van der Waals surface area contributed by atoms with Gasteiger partial charge < -0.3 is 9.47 Å². The highest BCUT2D eigenvalue weighted by atomic mass is 79.9. The number of carbonyl (C=O) groups is 1. The Labute approximate surface area is 101 Å². The van der Waals surface area contributed by atoms with Gasteiger partial charge in [0.25, 0.3) is 0 Å². The fourth-order valence-corrected chi connectivity index (χ4v) is 4.68. The van der Waals surface area contributed by atoms with E-state index in [2.05, 4.69) is 20.7 Å². The third-order valence-corrected chi connectivity index (χ3v) is 5.63. The molecule has 3 aliphatic heterocycles. The lowest BCUT2D eigenvalue weighted by atomic mass is 9.93. The van der Waals surface area contributed by atoms with E-state index in [1.54, 1.807) is 0 Å². The zero-order chi connectivity index (χ0) is 11.5. The van der Waals surface area contributed by atoms with Crippen molar-refractivity contribution in [3.63, 3.8) is 0 Å². The predicted molar refractivity (Wildman–Crippen MR) is 56.6 cm³/mol. The van der Waals surface area contributed by atoms with E-state index in [0.29, 0.717) is 6.42 Å². The zero-order valence-electron chi connectivity index (χ0n) is 8.13. The van der Waals surface area contributed by atoms with Gasteiger partial charge in [-0.2, -0.15) is 0 Å². The van der Waals surface area contributed by atoms with E-state index in [-0.39, 0.29) is 17.5 Å². The number of halogens is 1. The van der Waals surface area contributed by atoms with Crippen LogP contribution < -0.4 is 4.72 Å². The van der Waals surface area contributed by atoms with Crippen molar-refractivity contribution in [2.45, 2.75) is 36.0 Å². The molecule has 0 spiro atoms. The summed E-state index contributed by atoms with van der Waals surface area (Å²) in [5.74, 6) is -0.399. The summed E-state index contributed by atoms with van der Waals surface area (Å²) in [6.07, 6.45) is -0.712. The van der Waals surface area contributed by atoms with Gasteiger partial charge in [0, 0.05) is 0 Å². The molecule has 16 heavy (non-hydrogen) atoms. The van der Waals surface area contributed by atoms with Crippen molar-refractivity contribution in [2.24, 2.45) is 0 Å². The van der Waals surface area contributed by atoms with Gasteiger partial charge >= 0.3 is 5.97 Å². The fourth-order valence-electron chi connectivity index (χ4n) is 2.70. The number of rotatable bonds is 2. The Hall–Kier alpha value is -0.180. The van der Waals surface area contributed by atoms with E-state index in [9.17, 15) is 13.2 Å². The summed E-state index contributed by atoms with van der Waals surface area (Å²) in [6, 6.07) is -0.406. The van der Waals surface area contributed by atoms with Crippen molar-refractivity contribution < 1.29 is 22.7 Å². The van der Waals surface area contributed by atoms with Gasteiger partial charge in [-0.05, 0) is 6.42 Å². The fraction of sp³-hybridized carbons (Fsp3) is 0.875. The average molecular weight is 312 g/mol. The zero-order valence-corrected chi connectivity index (χ0v) is 10.5. The van der Waals surface area contributed by atoms with Crippen LogP contribution in [-0.2, 0) is 24.3 Å². The standard InChI is InChI=1S/C8H10BrNO5S/c9-2-5(11)15-7-3-1-4-8(14-3)6(7)10-16(4,12)13/h3-4,6-8,10H,1-2H2. The Morgan fingerprint density at radius 1 is 1.56 bits per heavy atom. The van der Waals surface area contributed by atoms with Crippen LogP contribution in [0.1, 0.15) is 6.42 Å². The van der Waals surface area contributed by atoms with E-state index >= 15 is 0 Å². The molecule has 6 nitrogen and oxygen atoms in total. The molecule has 3 heterocycles. The van der Waals surface area contributed by atoms with E-state index < -0.39 is 33.4 Å². The number of sulfonamides is 1. The molecule has 8 heteroatoms. The molecule has 3 saturated heterocycles. The van der Waals surface area contributed by atoms with Crippen LogP contribution in [-0.4, -0.2) is 49.3 Å². The summed E-state index contributed by atoms with van der Waals surface area (Å²) in [6.45, 7) is 0. The van der Waals surface area contributed by atoms with Crippen molar-refractivity contribution in [3.05, 3.63) is 0 Å². The highest BCUT2D eigenvalue weighted by molar-refractivity contribution is 9.09. The highest BCUT2D eigenvalue weighted by Crippen LogP contribution is 2.44. The maximum absolute atomic E-state index is 11.6. The summed E-state index contributed by atoms with van der Waals surface area (Å²) in [4.78, 5) is 11.2. The lowest BCUT2D eigenvalue weighted by Crippen LogP contribution is -2.45. The van der Waals surface area contributed by atoms with E-state index in [0.717, 1.165) is 0 Å². The van der Waals surface area contributed by atoms with Gasteiger partial charge in [0.15, 0.2) is 0 Å². The molecule has 3 rings (SSSR count). The van der Waals surface area contributed by atoms with Crippen molar-refractivity contribution >= 4 is 31.9 Å². The first-order chi connectivity index (χ1) is 7.53. The first kappa shape index (κ1) is 10.9. The summed E-state index contributed by atoms with van der Waals surface area (Å²) >= 11 is 3.00. The quantitative estimate of drug-likeness (QED) is 0.530. The van der Waals surface area contributed by atoms with Crippen LogP contribution in [0.2, 0.25) is 0 Å². The summed E-state index contributed by atoms with van der Waals surface area (Å²) in [5, 5.41) is -0.370. The number of fused-ring (bicyclic) bond motifs is 1. The molecule has 0 aliphatic carbocycles. The smallest absolute Gasteiger partial charge is 0.316 e. The number of nitrogens with one attached hydrogen (secondary N) is 1. The Balaban J connectivity index is 1.84. The summed E-state index contributed by atoms with van der Waals surface area (Å²) < 4.78 is 36.5.